The van der Waals surface area contributed by atoms with Crippen LogP contribution < -0.4 is 9.80 Å². The van der Waals surface area contributed by atoms with Crippen LogP contribution in [0.3, 0.4) is 0 Å². The number of nitrogens with zero attached hydrogens (tertiary/aromatic N) is 3. The Balaban J connectivity index is 1.78. The molecule has 4 nitrogen and oxygen atoms in total. The molecular weight excluding hydrogens is 377 g/mol. The summed E-state index contributed by atoms with van der Waals surface area (Å²) in [6.07, 6.45) is 1.78. The maximum Gasteiger partial charge on any atom is 0.282 e. The first-order valence-corrected chi connectivity index (χ1v) is 9.67. The number of rotatable bonds is 4. The number of amidine groups is 1. The van der Waals surface area contributed by atoms with Crippen LogP contribution in [-0.4, -0.2) is 25.8 Å². The molecule has 3 aromatic rings. The first-order chi connectivity index (χ1) is 14.4. The van der Waals surface area contributed by atoms with Crippen molar-refractivity contribution in [3.8, 4) is 0 Å². The summed E-state index contributed by atoms with van der Waals surface area (Å²) in [6.45, 7) is 1.99. The molecule has 1 aliphatic heterocycles. The van der Waals surface area contributed by atoms with Gasteiger partial charge in [-0.1, -0.05) is 35.9 Å². The van der Waals surface area contributed by atoms with Crippen molar-refractivity contribution in [2.75, 3.05) is 23.9 Å². The van der Waals surface area contributed by atoms with Crippen molar-refractivity contribution < 1.29 is 9.18 Å². The number of carbonyl (C=O) groups is 1. The van der Waals surface area contributed by atoms with Crippen molar-refractivity contribution in [3.05, 3.63) is 101 Å². The number of amides is 1. The Kier molecular flexibility index (Phi) is 5.19. The number of carbonyl (C=O) groups excluding carboxylic acids is 1. The van der Waals surface area contributed by atoms with E-state index in [1.54, 1.807) is 18.2 Å². The van der Waals surface area contributed by atoms with Crippen LogP contribution in [0.25, 0.3) is 6.08 Å². The van der Waals surface area contributed by atoms with Crippen molar-refractivity contribution in [1.29, 1.82) is 0 Å². The average Bonchev–Trinajstić information content (AvgIpc) is 3.05. The zero-order chi connectivity index (χ0) is 21.3. The number of halogens is 1. The molecule has 0 atom stereocenters. The standard InChI is InChI=1S/C25H22FN3O/c1-17-5-4-6-19(15-17)24-27-23(16-18-7-11-21(12-8-18)28(2)3)25(30)29(24)22-13-9-20(26)10-14-22/h4-16H,1-3H3/b23-16+. The number of hydrogen-bond acceptors (Lipinski definition) is 3. The van der Waals surface area contributed by atoms with Gasteiger partial charge in [-0.25, -0.2) is 9.38 Å². The van der Waals surface area contributed by atoms with Gasteiger partial charge in [-0.05, 0) is 61.0 Å². The van der Waals surface area contributed by atoms with Crippen LogP contribution in [-0.2, 0) is 4.79 Å². The molecule has 0 radical (unpaired) electrons. The minimum absolute atomic E-state index is 0.241. The Bertz CT molecular complexity index is 1150. The monoisotopic (exact) mass is 399 g/mol. The fourth-order valence-corrected chi connectivity index (χ4v) is 3.35. The van der Waals surface area contributed by atoms with Crippen molar-refractivity contribution in [2.24, 2.45) is 4.99 Å². The van der Waals surface area contributed by atoms with Crippen molar-refractivity contribution >= 4 is 29.2 Å². The van der Waals surface area contributed by atoms with Gasteiger partial charge in [0.25, 0.3) is 5.91 Å². The smallest absolute Gasteiger partial charge is 0.282 e. The van der Waals surface area contributed by atoms with Gasteiger partial charge in [0.15, 0.2) is 0 Å². The largest absolute Gasteiger partial charge is 0.378 e. The summed E-state index contributed by atoms with van der Waals surface area (Å²) in [7, 11) is 3.96. The fourth-order valence-electron chi connectivity index (χ4n) is 3.35. The Hall–Kier alpha value is -3.73. The topological polar surface area (TPSA) is 35.9 Å². The van der Waals surface area contributed by atoms with E-state index >= 15 is 0 Å². The summed E-state index contributed by atoms with van der Waals surface area (Å²) in [5.74, 6) is -0.0579. The van der Waals surface area contributed by atoms with Gasteiger partial charge in [0.2, 0.25) is 0 Å². The second-order valence-corrected chi connectivity index (χ2v) is 7.44. The predicted molar refractivity (Wildman–Crippen MR) is 120 cm³/mol. The molecule has 150 valence electrons. The molecule has 3 aromatic carbocycles. The van der Waals surface area contributed by atoms with E-state index in [0.717, 1.165) is 22.4 Å². The third kappa shape index (κ3) is 3.87. The van der Waals surface area contributed by atoms with Crippen LogP contribution in [0, 0.1) is 12.7 Å². The third-order valence-electron chi connectivity index (χ3n) is 4.93. The SMILES string of the molecule is Cc1cccc(C2=N/C(=C/c3ccc(N(C)C)cc3)C(=O)N2c2ccc(F)cc2)c1. The molecule has 0 spiro atoms. The lowest BCUT2D eigenvalue weighted by Crippen LogP contribution is -2.32. The van der Waals surface area contributed by atoms with E-state index in [1.807, 2.05) is 74.4 Å². The molecule has 0 aromatic heterocycles. The van der Waals surface area contributed by atoms with Crippen LogP contribution in [0.1, 0.15) is 16.7 Å². The van der Waals surface area contributed by atoms with Gasteiger partial charge >= 0.3 is 0 Å². The van der Waals surface area contributed by atoms with Gasteiger partial charge in [-0.2, -0.15) is 0 Å². The van der Waals surface area contributed by atoms with E-state index < -0.39 is 0 Å². The number of hydrogen-bond donors (Lipinski definition) is 0. The fraction of sp³-hybridized carbons (Fsp3) is 0.120. The first kappa shape index (κ1) is 19.6. The van der Waals surface area contributed by atoms with Crippen LogP contribution in [0.2, 0.25) is 0 Å². The van der Waals surface area contributed by atoms with Crippen molar-refractivity contribution in [3.63, 3.8) is 0 Å². The molecule has 0 bridgehead atoms. The highest BCUT2D eigenvalue weighted by atomic mass is 19.1. The minimum atomic E-state index is -0.351. The molecule has 1 heterocycles. The van der Waals surface area contributed by atoms with Gasteiger partial charge in [0.1, 0.15) is 17.3 Å². The Morgan fingerprint density at radius 3 is 2.30 bits per heavy atom. The molecule has 4 rings (SSSR count). The highest BCUT2D eigenvalue weighted by Gasteiger charge is 2.32. The predicted octanol–water partition coefficient (Wildman–Crippen LogP) is 5.03. The van der Waals surface area contributed by atoms with E-state index in [4.69, 9.17) is 0 Å². The van der Waals surface area contributed by atoms with Crippen LogP contribution in [0.15, 0.2) is 83.5 Å². The van der Waals surface area contributed by atoms with Gasteiger partial charge in [0, 0.05) is 25.3 Å². The van der Waals surface area contributed by atoms with E-state index in [0.29, 0.717) is 17.2 Å². The van der Waals surface area contributed by atoms with Crippen LogP contribution >= 0.6 is 0 Å². The zero-order valence-corrected chi connectivity index (χ0v) is 17.1. The van der Waals surface area contributed by atoms with E-state index in [-0.39, 0.29) is 11.7 Å². The molecule has 0 saturated heterocycles. The summed E-state index contributed by atoms with van der Waals surface area (Å²) in [6, 6.07) is 21.6. The van der Waals surface area contributed by atoms with E-state index in [9.17, 15) is 9.18 Å². The van der Waals surface area contributed by atoms with Crippen LogP contribution in [0.4, 0.5) is 15.8 Å². The molecule has 1 aliphatic rings. The summed E-state index contributed by atoms with van der Waals surface area (Å²) in [4.78, 5) is 21.5. The number of anilines is 2. The van der Waals surface area contributed by atoms with Crippen molar-refractivity contribution in [2.45, 2.75) is 6.92 Å². The summed E-state index contributed by atoms with van der Waals surface area (Å²) in [5.41, 5.74) is 4.78. The quantitative estimate of drug-likeness (QED) is 0.577. The zero-order valence-electron chi connectivity index (χ0n) is 17.1. The lowest BCUT2D eigenvalue weighted by molar-refractivity contribution is -0.113. The molecule has 1 amide bonds. The van der Waals surface area contributed by atoms with E-state index in [1.165, 1.54) is 17.0 Å². The Morgan fingerprint density at radius 1 is 0.967 bits per heavy atom. The average molecular weight is 399 g/mol. The number of benzene rings is 3. The van der Waals surface area contributed by atoms with Gasteiger partial charge in [0.05, 0.1) is 5.69 Å². The second-order valence-electron chi connectivity index (χ2n) is 7.44. The van der Waals surface area contributed by atoms with Crippen molar-refractivity contribution in [1.82, 2.24) is 0 Å². The van der Waals surface area contributed by atoms with Gasteiger partial charge in [-0.3, -0.25) is 9.69 Å². The maximum atomic E-state index is 13.4. The van der Waals surface area contributed by atoms with E-state index in [2.05, 4.69) is 4.99 Å². The lowest BCUT2D eigenvalue weighted by Gasteiger charge is -2.18. The number of aliphatic imine (C=N–C) groups is 1. The van der Waals surface area contributed by atoms with Gasteiger partial charge < -0.3 is 4.90 Å². The normalized spacial score (nSPS) is 14.9. The maximum absolute atomic E-state index is 13.4. The highest BCUT2D eigenvalue weighted by molar-refractivity contribution is 6.33. The lowest BCUT2D eigenvalue weighted by atomic mass is 10.1. The third-order valence-corrected chi connectivity index (χ3v) is 4.93. The number of aryl methyl sites for hydroxylation is 1. The summed E-state index contributed by atoms with van der Waals surface area (Å²) in [5, 5.41) is 0. The molecule has 0 saturated carbocycles. The Morgan fingerprint density at radius 2 is 1.67 bits per heavy atom. The minimum Gasteiger partial charge on any atom is -0.378 e. The first-order valence-electron chi connectivity index (χ1n) is 9.67. The van der Waals surface area contributed by atoms with Crippen LogP contribution in [0.5, 0.6) is 0 Å². The highest BCUT2D eigenvalue weighted by Crippen LogP contribution is 2.28. The molecule has 0 aliphatic carbocycles. The molecule has 30 heavy (non-hydrogen) atoms. The summed E-state index contributed by atoms with van der Waals surface area (Å²) < 4.78 is 13.4. The molecular formula is C25H22FN3O. The Labute approximate surface area is 175 Å². The summed E-state index contributed by atoms with van der Waals surface area (Å²) >= 11 is 0. The second kappa shape index (κ2) is 7.95. The molecule has 0 unspecified atom stereocenters. The van der Waals surface area contributed by atoms with Gasteiger partial charge in [-0.15, -0.1) is 0 Å². The molecule has 0 fully saturated rings. The molecule has 0 N–H and O–H groups in total. The molecule has 5 heteroatoms.